The Hall–Kier alpha value is -2.89. The summed E-state index contributed by atoms with van der Waals surface area (Å²) in [7, 11) is 1.50. The number of rotatable bonds is 7. The zero-order valence-electron chi connectivity index (χ0n) is 13.9. The van der Waals surface area contributed by atoms with E-state index in [9.17, 15) is 9.59 Å². The highest BCUT2D eigenvalue weighted by Gasteiger charge is 2.12. The molecule has 0 N–H and O–H groups in total. The monoisotopic (exact) mass is 329 g/mol. The van der Waals surface area contributed by atoms with E-state index in [1.165, 1.54) is 20.2 Å². The van der Waals surface area contributed by atoms with Crippen LogP contribution in [0.5, 0.6) is 11.6 Å². The van der Waals surface area contributed by atoms with Crippen LogP contribution in [0.15, 0.2) is 36.5 Å². The Bertz CT molecular complexity index is 725. The third-order valence-corrected chi connectivity index (χ3v) is 3.31. The van der Waals surface area contributed by atoms with Crippen molar-refractivity contribution >= 4 is 11.8 Å². The molecule has 2 aromatic rings. The van der Waals surface area contributed by atoms with Crippen LogP contribution in [0.3, 0.4) is 0 Å². The number of pyridine rings is 1. The van der Waals surface area contributed by atoms with Gasteiger partial charge in [-0.3, -0.25) is 4.79 Å². The van der Waals surface area contributed by atoms with E-state index in [1.54, 1.807) is 30.3 Å². The highest BCUT2D eigenvalue weighted by molar-refractivity contribution is 5.94. The van der Waals surface area contributed by atoms with E-state index in [-0.39, 0.29) is 12.4 Å². The van der Waals surface area contributed by atoms with Crippen LogP contribution in [0, 0.1) is 0 Å². The van der Waals surface area contributed by atoms with Crippen LogP contribution in [0.4, 0.5) is 0 Å². The van der Waals surface area contributed by atoms with E-state index in [1.807, 2.05) is 6.92 Å². The summed E-state index contributed by atoms with van der Waals surface area (Å²) >= 11 is 0. The van der Waals surface area contributed by atoms with E-state index in [2.05, 4.69) is 4.98 Å². The minimum atomic E-state index is -0.513. The van der Waals surface area contributed by atoms with E-state index >= 15 is 0 Å². The smallest absolute Gasteiger partial charge is 0.340 e. The van der Waals surface area contributed by atoms with E-state index in [0.29, 0.717) is 34.9 Å². The molecule has 2 rings (SSSR count). The summed E-state index contributed by atoms with van der Waals surface area (Å²) in [5.74, 6) is 0.424. The Morgan fingerprint density at radius 2 is 1.88 bits per heavy atom. The van der Waals surface area contributed by atoms with Crippen molar-refractivity contribution in [2.24, 2.45) is 0 Å². The molecule has 0 aliphatic heterocycles. The van der Waals surface area contributed by atoms with Crippen LogP contribution in [0.1, 0.15) is 40.1 Å². The number of benzene rings is 1. The van der Waals surface area contributed by atoms with Crippen LogP contribution >= 0.6 is 0 Å². The average Bonchev–Trinajstić information content (AvgIpc) is 2.60. The maximum absolute atomic E-state index is 12.1. The molecule has 0 fully saturated rings. The predicted molar refractivity (Wildman–Crippen MR) is 87.5 cm³/mol. The molecule has 24 heavy (non-hydrogen) atoms. The quantitative estimate of drug-likeness (QED) is 0.574. The van der Waals surface area contributed by atoms with Gasteiger partial charge in [-0.05, 0) is 38.1 Å². The lowest BCUT2D eigenvalue weighted by Crippen LogP contribution is -2.08. The topological polar surface area (TPSA) is 74.7 Å². The molecule has 0 bridgehead atoms. The second-order valence-electron chi connectivity index (χ2n) is 4.98. The molecule has 0 atom stereocenters. The van der Waals surface area contributed by atoms with Crippen LogP contribution in [0.2, 0.25) is 0 Å². The molecule has 0 saturated carbocycles. The molecule has 0 amide bonds. The number of nitrogens with zero attached hydrogens (tertiary/aromatic N) is 1. The minimum absolute atomic E-state index is 0.00131. The molecule has 126 valence electrons. The molecule has 0 aliphatic carbocycles. The summed E-state index contributed by atoms with van der Waals surface area (Å²) in [6.07, 6.45) is 1.39. The Balaban J connectivity index is 2.12. The normalized spacial score (nSPS) is 10.1. The lowest BCUT2D eigenvalue weighted by atomic mass is 10.1. The maximum atomic E-state index is 12.1. The molecular weight excluding hydrogens is 310 g/mol. The van der Waals surface area contributed by atoms with Gasteiger partial charge in [-0.15, -0.1) is 0 Å². The molecule has 6 nitrogen and oxygen atoms in total. The second kappa shape index (κ2) is 8.10. The van der Waals surface area contributed by atoms with Gasteiger partial charge in [0.25, 0.3) is 0 Å². The third kappa shape index (κ3) is 4.32. The molecule has 1 aromatic heterocycles. The largest absolute Gasteiger partial charge is 0.493 e. The lowest BCUT2D eigenvalue weighted by molar-refractivity contribution is 0.0469. The first-order chi connectivity index (χ1) is 11.5. The van der Waals surface area contributed by atoms with Gasteiger partial charge in [0, 0.05) is 23.4 Å². The molecule has 6 heteroatoms. The first-order valence-electron chi connectivity index (χ1n) is 7.49. The standard InChI is InChI=1S/C18H19NO5/c1-4-23-16-7-5-13(12(2)20)9-15(16)11-24-18(21)14-6-8-17(22-3)19-10-14/h5-10H,4,11H2,1-3H3. The van der Waals surface area contributed by atoms with Crippen molar-refractivity contribution in [1.29, 1.82) is 0 Å². The van der Waals surface area contributed by atoms with Crippen molar-refractivity contribution in [3.63, 3.8) is 0 Å². The average molecular weight is 329 g/mol. The van der Waals surface area contributed by atoms with Crippen molar-refractivity contribution in [1.82, 2.24) is 4.98 Å². The van der Waals surface area contributed by atoms with Gasteiger partial charge in [-0.25, -0.2) is 9.78 Å². The fraction of sp³-hybridized carbons (Fsp3) is 0.278. The molecule has 0 saturated heterocycles. The summed E-state index contributed by atoms with van der Waals surface area (Å²) in [5, 5.41) is 0. The summed E-state index contributed by atoms with van der Waals surface area (Å²) in [5.41, 5.74) is 1.49. The highest BCUT2D eigenvalue weighted by Crippen LogP contribution is 2.22. The Morgan fingerprint density at radius 3 is 2.46 bits per heavy atom. The lowest BCUT2D eigenvalue weighted by Gasteiger charge is -2.12. The number of Topliss-reactive ketones (excluding diaryl/α,β-unsaturated/α-hetero) is 1. The third-order valence-electron chi connectivity index (χ3n) is 3.31. The van der Waals surface area contributed by atoms with Crippen molar-refractivity contribution in [2.75, 3.05) is 13.7 Å². The summed E-state index contributed by atoms with van der Waals surface area (Å²) in [6.45, 7) is 3.82. The van der Waals surface area contributed by atoms with Gasteiger partial charge >= 0.3 is 5.97 Å². The number of aromatic nitrogens is 1. The summed E-state index contributed by atoms with van der Waals surface area (Å²) in [4.78, 5) is 27.6. The van der Waals surface area contributed by atoms with Crippen molar-refractivity contribution < 1.29 is 23.8 Å². The van der Waals surface area contributed by atoms with Crippen molar-refractivity contribution in [3.05, 3.63) is 53.2 Å². The highest BCUT2D eigenvalue weighted by atomic mass is 16.5. The molecule has 1 aromatic carbocycles. The first-order valence-corrected chi connectivity index (χ1v) is 7.49. The van der Waals surface area contributed by atoms with Crippen LogP contribution in [-0.2, 0) is 11.3 Å². The molecule has 0 unspecified atom stereocenters. The summed E-state index contributed by atoms with van der Waals surface area (Å²) in [6, 6.07) is 8.22. The van der Waals surface area contributed by atoms with E-state index in [0.717, 1.165) is 0 Å². The van der Waals surface area contributed by atoms with E-state index in [4.69, 9.17) is 14.2 Å². The number of carbonyl (C=O) groups excluding carboxylic acids is 2. The van der Waals surface area contributed by atoms with Gasteiger partial charge in [0.2, 0.25) is 5.88 Å². The van der Waals surface area contributed by atoms with Gasteiger partial charge in [0.1, 0.15) is 12.4 Å². The fourth-order valence-electron chi connectivity index (χ4n) is 2.06. The number of esters is 1. The zero-order chi connectivity index (χ0) is 17.5. The zero-order valence-corrected chi connectivity index (χ0v) is 13.9. The van der Waals surface area contributed by atoms with Gasteiger partial charge in [0.15, 0.2) is 5.78 Å². The van der Waals surface area contributed by atoms with Gasteiger partial charge in [0.05, 0.1) is 19.3 Å². The number of ketones is 1. The molecule has 0 spiro atoms. The van der Waals surface area contributed by atoms with Crippen molar-refractivity contribution in [3.8, 4) is 11.6 Å². The Kier molecular flexibility index (Phi) is 5.89. The number of hydrogen-bond donors (Lipinski definition) is 0. The van der Waals surface area contributed by atoms with Crippen LogP contribution in [0.25, 0.3) is 0 Å². The molecule has 0 aliphatic rings. The Labute approximate surface area is 140 Å². The molecule has 0 radical (unpaired) electrons. The maximum Gasteiger partial charge on any atom is 0.340 e. The predicted octanol–water partition coefficient (Wildman–Crippen LogP) is 3.05. The number of methoxy groups -OCH3 is 1. The van der Waals surface area contributed by atoms with Crippen LogP contribution < -0.4 is 9.47 Å². The van der Waals surface area contributed by atoms with Gasteiger partial charge < -0.3 is 14.2 Å². The Morgan fingerprint density at radius 1 is 1.12 bits per heavy atom. The second-order valence-corrected chi connectivity index (χ2v) is 4.98. The number of ether oxygens (including phenoxy) is 3. The van der Waals surface area contributed by atoms with Crippen molar-refractivity contribution in [2.45, 2.75) is 20.5 Å². The van der Waals surface area contributed by atoms with Gasteiger partial charge in [-0.2, -0.15) is 0 Å². The summed E-state index contributed by atoms with van der Waals surface area (Å²) < 4.78 is 15.8. The SMILES string of the molecule is CCOc1ccc(C(C)=O)cc1COC(=O)c1ccc(OC)nc1. The first kappa shape index (κ1) is 17.5. The molecule has 1 heterocycles. The van der Waals surface area contributed by atoms with Gasteiger partial charge in [-0.1, -0.05) is 0 Å². The van der Waals surface area contributed by atoms with Crippen LogP contribution in [-0.4, -0.2) is 30.5 Å². The fourth-order valence-corrected chi connectivity index (χ4v) is 2.06. The number of hydrogen-bond acceptors (Lipinski definition) is 6. The minimum Gasteiger partial charge on any atom is -0.493 e. The molecular formula is C18H19NO5. The van der Waals surface area contributed by atoms with E-state index < -0.39 is 5.97 Å². The number of carbonyl (C=O) groups is 2.